The molecule has 0 saturated heterocycles. The second-order valence-corrected chi connectivity index (χ2v) is 5.19. The summed E-state index contributed by atoms with van der Waals surface area (Å²) >= 11 is 3.30. The summed E-state index contributed by atoms with van der Waals surface area (Å²) in [5.41, 5.74) is 2.64. The highest BCUT2D eigenvalue weighted by molar-refractivity contribution is 9.10. The van der Waals surface area contributed by atoms with Crippen molar-refractivity contribution in [2.75, 3.05) is 6.61 Å². The molecule has 0 aliphatic heterocycles. The Bertz CT molecular complexity index is 686. The summed E-state index contributed by atoms with van der Waals surface area (Å²) in [7, 11) is 0. The molecule has 0 aromatic heterocycles. The maximum Gasteiger partial charge on any atom is 0.277 e. The summed E-state index contributed by atoms with van der Waals surface area (Å²) < 4.78 is 6.19. The van der Waals surface area contributed by atoms with Crippen molar-refractivity contribution in [1.29, 1.82) is 0 Å². The number of hydrazone groups is 1. The molecule has 2 aromatic carbocycles. The lowest BCUT2D eigenvalue weighted by molar-refractivity contribution is -0.123. The van der Waals surface area contributed by atoms with Gasteiger partial charge in [0.05, 0.1) is 6.21 Å². The monoisotopic (exact) mass is 364 g/mol. The van der Waals surface area contributed by atoms with Crippen LogP contribution in [0.3, 0.4) is 0 Å². The molecule has 0 heterocycles. The van der Waals surface area contributed by atoms with Crippen molar-refractivity contribution >= 4 is 28.1 Å². The number of amides is 1. The van der Waals surface area contributed by atoms with E-state index in [0.29, 0.717) is 11.3 Å². The van der Waals surface area contributed by atoms with E-state index in [9.17, 15) is 9.90 Å². The van der Waals surface area contributed by atoms with Crippen molar-refractivity contribution in [2.24, 2.45) is 5.10 Å². The van der Waals surface area contributed by atoms with E-state index in [2.05, 4.69) is 26.5 Å². The lowest BCUT2D eigenvalue weighted by Crippen LogP contribution is -2.24. The molecule has 0 aliphatic carbocycles. The summed E-state index contributed by atoms with van der Waals surface area (Å²) in [4.78, 5) is 11.6. The van der Waals surface area contributed by atoms with Crippen LogP contribution in [0.4, 0.5) is 0 Å². The Morgan fingerprint density at radius 2 is 1.95 bits per heavy atom. The number of hydrogen-bond donors (Lipinski definition) is 3. The Hall–Kier alpha value is -2.54. The van der Waals surface area contributed by atoms with Crippen LogP contribution in [0.25, 0.3) is 0 Å². The molecule has 7 heteroatoms. The minimum absolute atomic E-state index is 0.0541. The number of nitrogens with zero attached hydrogens (tertiary/aromatic N) is 1. The first-order valence-corrected chi connectivity index (χ1v) is 7.06. The van der Waals surface area contributed by atoms with Gasteiger partial charge < -0.3 is 14.9 Å². The van der Waals surface area contributed by atoms with Gasteiger partial charge in [0, 0.05) is 16.1 Å². The van der Waals surface area contributed by atoms with Gasteiger partial charge in [0.2, 0.25) is 0 Å². The third-order valence-corrected chi connectivity index (χ3v) is 3.12. The Morgan fingerprint density at radius 3 is 2.64 bits per heavy atom. The van der Waals surface area contributed by atoms with E-state index < -0.39 is 5.91 Å². The third kappa shape index (κ3) is 4.78. The fraction of sp³-hybridized carbons (Fsp3) is 0.0667. The molecule has 0 saturated carbocycles. The van der Waals surface area contributed by atoms with Crippen LogP contribution in [0.5, 0.6) is 17.2 Å². The standard InChI is InChI=1S/C15H13BrN2O4/c16-11-2-5-13(6-3-11)22-9-15(21)18-17-8-10-1-4-12(19)7-14(10)20/h1-8,19-20H,9H2,(H,18,21)/b17-8-. The first kappa shape index (κ1) is 15.8. The average Bonchev–Trinajstić information content (AvgIpc) is 2.49. The normalized spacial score (nSPS) is 10.6. The number of hydrogen-bond acceptors (Lipinski definition) is 5. The van der Waals surface area contributed by atoms with Crippen LogP contribution in [0.15, 0.2) is 52.0 Å². The average molecular weight is 365 g/mol. The van der Waals surface area contributed by atoms with Gasteiger partial charge >= 0.3 is 0 Å². The SMILES string of the molecule is O=C(COc1ccc(Br)cc1)N/N=C\c1ccc(O)cc1O. The molecule has 2 aromatic rings. The van der Waals surface area contributed by atoms with Gasteiger partial charge in [0.25, 0.3) is 5.91 Å². The summed E-state index contributed by atoms with van der Waals surface area (Å²) in [6, 6.07) is 11.1. The van der Waals surface area contributed by atoms with Crippen molar-refractivity contribution in [3.05, 3.63) is 52.5 Å². The summed E-state index contributed by atoms with van der Waals surface area (Å²) in [6.07, 6.45) is 1.27. The predicted molar refractivity (Wildman–Crippen MR) is 85.1 cm³/mol. The van der Waals surface area contributed by atoms with Crippen LogP contribution in [-0.2, 0) is 4.79 Å². The Labute approximate surface area is 135 Å². The van der Waals surface area contributed by atoms with Crippen LogP contribution in [0.1, 0.15) is 5.56 Å². The Balaban J connectivity index is 1.82. The fourth-order valence-electron chi connectivity index (χ4n) is 1.53. The minimum Gasteiger partial charge on any atom is -0.508 e. The number of ether oxygens (including phenoxy) is 1. The van der Waals surface area contributed by atoms with E-state index in [4.69, 9.17) is 9.84 Å². The third-order valence-electron chi connectivity index (χ3n) is 2.59. The van der Waals surface area contributed by atoms with Crippen LogP contribution in [0, 0.1) is 0 Å². The van der Waals surface area contributed by atoms with Crippen LogP contribution in [-0.4, -0.2) is 28.9 Å². The van der Waals surface area contributed by atoms with Gasteiger partial charge in [-0.1, -0.05) is 15.9 Å². The van der Waals surface area contributed by atoms with Gasteiger partial charge in [0.1, 0.15) is 17.2 Å². The molecule has 0 aliphatic rings. The zero-order valence-corrected chi connectivity index (χ0v) is 12.9. The second kappa shape index (κ2) is 7.46. The largest absolute Gasteiger partial charge is 0.508 e. The first-order chi connectivity index (χ1) is 10.5. The molecule has 0 unspecified atom stereocenters. The van der Waals surface area contributed by atoms with E-state index in [0.717, 1.165) is 4.47 Å². The molecule has 3 N–H and O–H groups in total. The maximum absolute atomic E-state index is 11.6. The minimum atomic E-state index is -0.433. The topological polar surface area (TPSA) is 91.2 Å². The molecular weight excluding hydrogens is 352 g/mol. The van der Waals surface area contributed by atoms with Gasteiger partial charge in [-0.3, -0.25) is 4.79 Å². The first-order valence-electron chi connectivity index (χ1n) is 6.27. The highest BCUT2D eigenvalue weighted by Gasteiger charge is 2.02. The Kier molecular flexibility index (Phi) is 5.37. The van der Waals surface area contributed by atoms with Crippen molar-refractivity contribution in [2.45, 2.75) is 0 Å². The number of phenols is 2. The van der Waals surface area contributed by atoms with Crippen LogP contribution < -0.4 is 10.2 Å². The highest BCUT2D eigenvalue weighted by atomic mass is 79.9. The van der Waals surface area contributed by atoms with Gasteiger partial charge in [0.15, 0.2) is 6.61 Å². The summed E-state index contributed by atoms with van der Waals surface area (Å²) in [6.45, 7) is -0.180. The number of phenolic OH excluding ortho intramolecular Hbond substituents is 2. The van der Waals surface area contributed by atoms with Crippen molar-refractivity contribution < 1.29 is 19.7 Å². The molecule has 6 nitrogen and oxygen atoms in total. The van der Waals surface area contributed by atoms with E-state index >= 15 is 0 Å². The van der Waals surface area contributed by atoms with Crippen LogP contribution >= 0.6 is 15.9 Å². The smallest absolute Gasteiger partial charge is 0.277 e. The number of aromatic hydroxyl groups is 2. The van der Waals surface area contributed by atoms with Gasteiger partial charge in [-0.25, -0.2) is 5.43 Å². The number of carbonyl (C=O) groups is 1. The van der Waals surface area contributed by atoms with Gasteiger partial charge in [-0.05, 0) is 36.4 Å². The Morgan fingerprint density at radius 1 is 1.23 bits per heavy atom. The van der Waals surface area contributed by atoms with Crippen LogP contribution in [0.2, 0.25) is 0 Å². The quantitative estimate of drug-likeness (QED) is 0.561. The molecule has 114 valence electrons. The fourth-order valence-corrected chi connectivity index (χ4v) is 1.79. The molecule has 0 radical (unpaired) electrons. The lowest BCUT2D eigenvalue weighted by Gasteiger charge is -2.05. The summed E-state index contributed by atoms with van der Waals surface area (Å²) in [5, 5.41) is 22.4. The molecular formula is C15H13BrN2O4. The van der Waals surface area contributed by atoms with E-state index in [1.165, 1.54) is 24.4 Å². The highest BCUT2D eigenvalue weighted by Crippen LogP contribution is 2.20. The maximum atomic E-state index is 11.6. The van der Waals surface area contributed by atoms with Gasteiger partial charge in [-0.2, -0.15) is 5.10 Å². The molecule has 1 amide bonds. The molecule has 2 rings (SSSR count). The molecule has 0 bridgehead atoms. The zero-order chi connectivity index (χ0) is 15.9. The molecule has 0 fully saturated rings. The second-order valence-electron chi connectivity index (χ2n) is 4.28. The van der Waals surface area contributed by atoms with E-state index in [1.54, 1.807) is 24.3 Å². The predicted octanol–water partition coefficient (Wildman–Crippen LogP) is 2.39. The van der Waals surface area contributed by atoms with Crippen molar-refractivity contribution in [3.63, 3.8) is 0 Å². The van der Waals surface area contributed by atoms with E-state index in [1.807, 2.05) is 0 Å². The molecule has 0 atom stereocenters. The number of nitrogens with one attached hydrogen (secondary N) is 1. The number of rotatable bonds is 5. The number of carbonyl (C=O) groups excluding carboxylic acids is 1. The molecule has 22 heavy (non-hydrogen) atoms. The number of benzene rings is 2. The van der Waals surface area contributed by atoms with Gasteiger partial charge in [-0.15, -0.1) is 0 Å². The van der Waals surface area contributed by atoms with Crippen molar-refractivity contribution in [1.82, 2.24) is 5.43 Å². The lowest BCUT2D eigenvalue weighted by atomic mass is 10.2. The zero-order valence-electron chi connectivity index (χ0n) is 11.4. The summed E-state index contributed by atoms with van der Waals surface area (Å²) in [5.74, 6) is -0.0540. The number of halogens is 1. The molecule has 0 spiro atoms. The van der Waals surface area contributed by atoms with Crippen molar-refractivity contribution in [3.8, 4) is 17.2 Å². The van der Waals surface area contributed by atoms with E-state index in [-0.39, 0.29) is 18.1 Å².